The van der Waals surface area contributed by atoms with Crippen LogP contribution in [-0.4, -0.2) is 8.07 Å². The lowest BCUT2D eigenvalue weighted by Crippen LogP contribution is -2.74. The van der Waals surface area contributed by atoms with Crippen LogP contribution in [0.25, 0.3) is 11.1 Å². The molecule has 0 atom stereocenters. The summed E-state index contributed by atoms with van der Waals surface area (Å²) in [5.41, 5.74) is 12.2. The molecule has 0 unspecified atom stereocenters. The second-order valence-corrected chi connectivity index (χ2v) is 21.5. The van der Waals surface area contributed by atoms with Gasteiger partial charge < -0.3 is 14.7 Å². The first-order valence-corrected chi connectivity index (χ1v) is 26.3. The third-order valence-corrected chi connectivity index (χ3v) is 18.2. The number of para-hydroxylation sites is 4. The molecule has 0 saturated heterocycles. The Kier molecular flexibility index (Phi) is 12.9. The molecule has 5 heteroatoms. The number of benzene rings is 11. The minimum absolute atomic E-state index is 0.665. The molecule has 11 aromatic carbocycles. The minimum atomic E-state index is -2.93. The fourth-order valence-electron chi connectivity index (χ4n) is 10.1. The van der Waals surface area contributed by atoms with Crippen molar-refractivity contribution >= 4 is 80.0 Å². The lowest BCUT2D eigenvalue weighted by atomic mass is 10.0. The van der Waals surface area contributed by atoms with Gasteiger partial charge in [-0.2, -0.15) is 5.26 Å². The molecule has 0 radical (unpaired) electrons. The van der Waals surface area contributed by atoms with Crippen molar-refractivity contribution in [3.05, 3.63) is 309 Å². The smallest absolute Gasteiger partial charge is 0.179 e. The van der Waals surface area contributed by atoms with Gasteiger partial charge in [0.15, 0.2) is 8.07 Å². The summed E-state index contributed by atoms with van der Waals surface area (Å²) >= 11 is 0. The predicted octanol–water partition coefficient (Wildman–Crippen LogP) is 15.0. The van der Waals surface area contributed by atoms with Crippen molar-refractivity contribution < 1.29 is 0 Å². The average Bonchev–Trinajstić information content (AvgIpc) is 3.46. The number of anilines is 9. The molecule has 0 aliphatic heterocycles. The van der Waals surface area contributed by atoms with Gasteiger partial charge in [0.05, 0.1) is 11.6 Å². The van der Waals surface area contributed by atoms with E-state index in [0.717, 1.165) is 62.3 Å². The lowest BCUT2D eigenvalue weighted by Gasteiger charge is -2.35. The maximum absolute atomic E-state index is 10.0. The van der Waals surface area contributed by atoms with E-state index in [1.165, 1.54) is 20.7 Å². The molecule has 0 aliphatic rings. The van der Waals surface area contributed by atoms with Gasteiger partial charge in [0.1, 0.15) is 0 Å². The van der Waals surface area contributed by atoms with Gasteiger partial charge in [-0.1, -0.05) is 188 Å². The molecule has 0 heterocycles. The highest BCUT2D eigenvalue weighted by atomic mass is 28.3. The Hall–Kier alpha value is -9.47. The summed E-state index contributed by atoms with van der Waals surface area (Å²) in [6.07, 6.45) is 0. The number of nitriles is 1. The SMILES string of the molecule is N#Cc1ccccc1-c1ccc([Si](c2ccccc2)(c2ccccc2)c2ccc(N(c3ccc(N(c4ccccc4)c4ccccc4)cc3)c3ccc(N(c4ccccc4)c4ccccc4)cc3)cc2)cc1. The zero-order valence-electron chi connectivity index (χ0n) is 39.7. The van der Waals surface area contributed by atoms with Crippen molar-refractivity contribution in [1.29, 1.82) is 5.26 Å². The van der Waals surface area contributed by atoms with E-state index in [-0.39, 0.29) is 0 Å². The largest absolute Gasteiger partial charge is 0.311 e. The summed E-state index contributed by atoms with van der Waals surface area (Å²) in [7, 11) is -2.93. The second-order valence-electron chi connectivity index (χ2n) is 17.6. The first kappa shape index (κ1) is 45.0. The molecule has 11 aromatic rings. The van der Waals surface area contributed by atoms with Crippen LogP contribution >= 0.6 is 0 Å². The van der Waals surface area contributed by atoms with Crippen LogP contribution in [0, 0.1) is 11.3 Å². The standard InChI is InChI=1S/C67H50N4Si/c68-51-53-21-19-20-34-67(53)52-35-47-65(48-36-52)72(63-30-15-5-16-31-63,64-32-17-6-18-33-64)66-49-45-62(46-50-66)71(60-41-37-58(38-42-60)69(54-22-7-1-8-23-54)55-24-9-2-10-25-55)61-43-39-59(40-44-61)70(56-26-11-3-12-27-56)57-28-13-4-14-29-57/h1-50H. The third-order valence-electron chi connectivity index (χ3n) is 13.4. The van der Waals surface area contributed by atoms with E-state index in [1.54, 1.807) is 0 Å². The average molecular weight is 939 g/mol. The Bertz CT molecular complexity index is 3290. The van der Waals surface area contributed by atoms with Crippen molar-refractivity contribution in [2.75, 3.05) is 14.7 Å². The van der Waals surface area contributed by atoms with Gasteiger partial charge in [-0.25, -0.2) is 0 Å². The normalized spacial score (nSPS) is 11.0. The quantitative estimate of drug-likeness (QED) is 0.0803. The molecule has 0 amide bonds. The van der Waals surface area contributed by atoms with Crippen LogP contribution in [-0.2, 0) is 0 Å². The van der Waals surface area contributed by atoms with Crippen molar-refractivity contribution in [2.45, 2.75) is 0 Å². The lowest BCUT2D eigenvalue weighted by molar-refractivity contribution is 1.25. The van der Waals surface area contributed by atoms with Gasteiger partial charge in [0.25, 0.3) is 0 Å². The van der Waals surface area contributed by atoms with Crippen LogP contribution < -0.4 is 35.4 Å². The Morgan fingerprint density at radius 1 is 0.236 bits per heavy atom. The molecule has 11 rings (SSSR count). The molecule has 0 aliphatic carbocycles. The van der Waals surface area contributed by atoms with Gasteiger partial charge in [-0.15, -0.1) is 0 Å². The first-order chi connectivity index (χ1) is 35.7. The van der Waals surface area contributed by atoms with Crippen molar-refractivity contribution in [3.8, 4) is 17.2 Å². The predicted molar refractivity (Wildman–Crippen MR) is 304 cm³/mol. The van der Waals surface area contributed by atoms with Crippen LogP contribution in [0.2, 0.25) is 0 Å². The molecular formula is C67H50N4Si. The van der Waals surface area contributed by atoms with E-state index in [1.807, 2.05) is 24.3 Å². The molecule has 4 nitrogen and oxygen atoms in total. The molecule has 0 saturated carbocycles. The van der Waals surface area contributed by atoms with Crippen molar-refractivity contribution in [1.82, 2.24) is 0 Å². The van der Waals surface area contributed by atoms with E-state index < -0.39 is 8.07 Å². The zero-order chi connectivity index (χ0) is 48.5. The summed E-state index contributed by atoms with van der Waals surface area (Å²) < 4.78 is 0. The van der Waals surface area contributed by atoms with E-state index >= 15 is 0 Å². The van der Waals surface area contributed by atoms with Crippen LogP contribution in [0.1, 0.15) is 5.56 Å². The monoisotopic (exact) mass is 938 g/mol. The van der Waals surface area contributed by atoms with Gasteiger partial charge in [-0.3, -0.25) is 0 Å². The molecule has 0 bridgehead atoms. The summed E-state index contributed by atoms with van der Waals surface area (Å²) in [6.45, 7) is 0. The Balaban J connectivity index is 1.05. The third kappa shape index (κ3) is 8.87. The van der Waals surface area contributed by atoms with Crippen LogP contribution in [0.15, 0.2) is 303 Å². The molecule has 0 spiro atoms. The zero-order valence-corrected chi connectivity index (χ0v) is 40.7. The molecule has 72 heavy (non-hydrogen) atoms. The second kappa shape index (κ2) is 20.6. The van der Waals surface area contributed by atoms with Crippen LogP contribution in [0.4, 0.5) is 51.2 Å². The van der Waals surface area contributed by atoms with Gasteiger partial charge in [-0.05, 0) is 147 Å². The van der Waals surface area contributed by atoms with E-state index in [9.17, 15) is 5.26 Å². The highest BCUT2D eigenvalue weighted by Gasteiger charge is 2.41. The first-order valence-electron chi connectivity index (χ1n) is 24.3. The highest BCUT2D eigenvalue weighted by molar-refractivity contribution is 7.19. The molecule has 342 valence electrons. The number of hydrogen-bond donors (Lipinski definition) is 0. The maximum atomic E-state index is 10.0. The van der Waals surface area contributed by atoms with E-state index in [4.69, 9.17) is 0 Å². The Morgan fingerprint density at radius 2 is 0.472 bits per heavy atom. The van der Waals surface area contributed by atoms with E-state index in [0.29, 0.717) is 5.56 Å². The number of hydrogen-bond acceptors (Lipinski definition) is 4. The summed E-state index contributed by atoms with van der Waals surface area (Å²) in [5, 5.41) is 15.1. The fourth-order valence-corrected chi connectivity index (χ4v) is 14.8. The number of rotatable bonds is 14. The maximum Gasteiger partial charge on any atom is 0.179 e. The van der Waals surface area contributed by atoms with Crippen LogP contribution in [0.5, 0.6) is 0 Å². The van der Waals surface area contributed by atoms with Crippen molar-refractivity contribution in [3.63, 3.8) is 0 Å². The summed E-state index contributed by atoms with van der Waals surface area (Å²) in [4.78, 5) is 6.95. The van der Waals surface area contributed by atoms with Crippen LogP contribution in [0.3, 0.4) is 0 Å². The number of nitrogens with zero attached hydrogens (tertiary/aromatic N) is 4. The highest BCUT2D eigenvalue weighted by Crippen LogP contribution is 2.41. The molecule has 0 aromatic heterocycles. The van der Waals surface area contributed by atoms with E-state index in [2.05, 4.69) is 300 Å². The topological polar surface area (TPSA) is 33.5 Å². The summed E-state index contributed by atoms with van der Waals surface area (Å²) in [5.74, 6) is 0. The molecule has 0 fully saturated rings. The Morgan fingerprint density at radius 3 is 0.792 bits per heavy atom. The summed E-state index contributed by atoms with van der Waals surface area (Å²) in [6, 6.07) is 111. The van der Waals surface area contributed by atoms with Crippen molar-refractivity contribution in [2.24, 2.45) is 0 Å². The Labute approximate surface area is 423 Å². The minimum Gasteiger partial charge on any atom is -0.311 e. The fraction of sp³-hybridized carbons (Fsp3) is 0. The molecular weight excluding hydrogens is 889 g/mol. The van der Waals surface area contributed by atoms with Gasteiger partial charge in [0.2, 0.25) is 0 Å². The van der Waals surface area contributed by atoms with Gasteiger partial charge >= 0.3 is 0 Å². The van der Waals surface area contributed by atoms with Gasteiger partial charge in [0, 0.05) is 51.2 Å². The molecule has 0 N–H and O–H groups in total.